The van der Waals surface area contributed by atoms with Gasteiger partial charge in [-0.1, -0.05) is 29.8 Å². The van der Waals surface area contributed by atoms with Crippen molar-refractivity contribution in [3.8, 4) is 11.5 Å². The Bertz CT molecular complexity index is 738. The average Bonchev–Trinajstić information content (AvgIpc) is 2.93. The van der Waals surface area contributed by atoms with Gasteiger partial charge in [-0.2, -0.15) is 11.8 Å². The van der Waals surface area contributed by atoms with Gasteiger partial charge >= 0.3 is 0 Å². The number of thioether (sulfide) groups is 1. The van der Waals surface area contributed by atoms with E-state index in [1.165, 1.54) is 0 Å². The summed E-state index contributed by atoms with van der Waals surface area (Å²) in [6, 6.07) is 15.2. The summed E-state index contributed by atoms with van der Waals surface area (Å²) in [6.45, 7) is 1.50. The zero-order chi connectivity index (χ0) is 18.4. The number of ether oxygens (including phenoxy) is 2. The summed E-state index contributed by atoms with van der Waals surface area (Å²) in [6.07, 6.45) is 0.892. The molecule has 3 rings (SSSR count). The summed E-state index contributed by atoms with van der Waals surface area (Å²) in [5.74, 6) is 2.34. The maximum atomic E-state index is 12.5. The van der Waals surface area contributed by atoms with E-state index < -0.39 is 0 Å². The predicted octanol–water partition coefficient (Wildman–Crippen LogP) is 4.43. The first-order valence-electron chi connectivity index (χ1n) is 8.58. The summed E-state index contributed by atoms with van der Waals surface area (Å²) in [5, 5.41) is 1.12. The van der Waals surface area contributed by atoms with Gasteiger partial charge < -0.3 is 14.4 Å². The van der Waals surface area contributed by atoms with Crippen LogP contribution in [0.5, 0.6) is 11.5 Å². The molecule has 26 heavy (non-hydrogen) atoms. The SMILES string of the molecule is COc1ccc(OCC(=O)N2CCSC(c3ccccc3Cl)CC2)cc1. The molecule has 1 amide bonds. The standard InChI is InChI=1S/C20H22ClNO3S/c1-24-15-6-8-16(9-7-15)25-14-20(23)22-11-10-19(26-13-12-22)17-4-2-3-5-18(17)21/h2-9,19H,10-14H2,1H3. The van der Waals surface area contributed by atoms with Crippen LogP contribution in [-0.4, -0.2) is 43.4 Å². The van der Waals surface area contributed by atoms with Crippen molar-refractivity contribution in [2.24, 2.45) is 0 Å². The zero-order valence-electron chi connectivity index (χ0n) is 14.7. The largest absolute Gasteiger partial charge is 0.497 e. The lowest BCUT2D eigenvalue weighted by atomic mass is 10.1. The molecule has 1 aliphatic rings. The van der Waals surface area contributed by atoms with Crippen LogP contribution in [0.1, 0.15) is 17.2 Å². The van der Waals surface area contributed by atoms with E-state index in [2.05, 4.69) is 6.07 Å². The Kier molecular flexibility index (Phi) is 6.69. The molecular formula is C20H22ClNO3S. The molecule has 1 saturated heterocycles. The number of hydrogen-bond acceptors (Lipinski definition) is 4. The maximum absolute atomic E-state index is 12.5. The molecule has 1 atom stereocenters. The Morgan fingerprint density at radius 2 is 1.88 bits per heavy atom. The molecule has 138 valence electrons. The van der Waals surface area contributed by atoms with Gasteiger partial charge in [-0.3, -0.25) is 4.79 Å². The van der Waals surface area contributed by atoms with Crippen LogP contribution in [0.3, 0.4) is 0 Å². The van der Waals surface area contributed by atoms with E-state index in [1.54, 1.807) is 19.2 Å². The van der Waals surface area contributed by atoms with E-state index in [1.807, 2.05) is 47.0 Å². The molecule has 0 saturated carbocycles. The third-order valence-electron chi connectivity index (χ3n) is 4.37. The van der Waals surface area contributed by atoms with Crippen LogP contribution < -0.4 is 9.47 Å². The quantitative estimate of drug-likeness (QED) is 0.755. The van der Waals surface area contributed by atoms with Crippen molar-refractivity contribution in [3.05, 3.63) is 59.1 Å². The third-order valence-corrected chi connectivity index (χ3v) is 6.02. The number of carbonyl (C=O) groups is 1. The summed E-state index contributed by atoms with van der Waals surface area (Å²) in [7, 11) is 1.62. The molecule has 4 nitrogen and oxygen atoms in total. The van der Waals surface area contributed by atoms with Crippen molar-refractivity contribution in [2.75, 3.05) is 32.6 Å². The molecule has 2 aromatic carbocycles. The van der Waals surface area contributed by atoms with Gasteiger partial charge in [0.15, 0.2) is 6.61 Å². The fraction of sp³-hybridized carbons (Fsp3) is 0.350. The smallest absolute Gasteiger partial charge is 0.260 e. The molecule has 1 heterocycles. The normalized spacial score (nSPS) is 17.5. The van der Waals surface area contributed by atoms with Crippen LogP contribution in [0.2, 0.25) is 5.02 Å². The van der Waals surface area contributed by atoms with Gasteiger partial charge in [-0.15, -0.1) is 0 Å². The summed E-state index contributed by atoms with van der Waals surface area (Å²) < 4.78 is 10.7. The number of carbonyl (C=O) groups excluding carboxylic acids is 1. The lowest BCUT2D eigenvalue weighted by Gasteiger charge is -2.20. The van der Waals surface area contributed by atoms with E-state index in [0.29, 0.717) is 17.5 Å². The predicted molar refractivity (Wildman–Crippen MR) is 106 cm³/mol. The molecular weight excluding hydrogens is 370 g/mol. The number of amides is 1. The molecule has 0 bridgehead atoms. The number of nitrogens with zero attached hydrogens (tertiary/aromatic N) is 1. The number of methoxy groups -OCH3 is 1. The van der Waals surface area contributed by atoms with Crippen LogP contribution in [0.25, 0.3) is 0 Å². The Labute approximate surface area is 163 Å². The fourth-order valence-corrected chi connectivity index (χ4v) is 4.51. The number of hydrogen-bond donors (Lipinski definition) is 0. The van der Waals surface area contributed by atoms with Crippen LogP contribution in [0.15, 0.2) is 48.5 Å². The van der Waals surface area contributed by atoms with E-state index in [9.17, 15) is 4.79 Å². The first kappa shape index (κ1) is 18.9. The monoisotopic (exact) mass is 391 g/mol. The highest BCUT2D eigenvalue weighted by atomic mass is 35.5. The maximum Gasteiger partial charge on any atom is 0.260 e. The fourth-order valence-electron chi connectivity index (χ4n) is 2.91. The van der Waals surface area contributed by atoms with Crippen LogP contribution in [0, 0.1) is 0 Å². The topological polar surface area (TPSA) is 38.8 Å². The first-order chi connectivity index (χ1) is 12.7. The van der Waals surface area contributed by atoms with Gasteiger partial charge in [0.25, 0.3) is 5.91 Å². The summed E-state index contributed by atoms with van der Waals surface area (Å²) >= 11 is 8.18. The average molecular weight is 392 g/mol. The molecule has 0 spiro atoms. The molecule has 2 aromatic rings. The Balaban J connectivity index is 1.53. The van der Waals surface area contributed by atoms with Crippen molar-refractivity contribution < 1.29 is 14.3 Å². The molecule has 0 N–H and O–H groups in total. The van der Waals surface area contributed by atoms with Crippen molar-refractivity contribution in [3.63, 3.8) is 0 Å². The highest BCUT2D eigenvalue weighted by Crippen LogP contribution is 2.37. The van der Waals surface area contributed by atoms with E-state index in [0.717, 1.165) is 35.1 Å². The van der Waals surface area contributed by atoms with Gasteiger partial charge in [0, 0.05) is 29.1 Å². The Morgan fingerprint density at radius 1 is 1.15 bits per heavy atom. The van der Waals surface area contributed by atoms with Crippen molar-refractivity contribution in [1.82, 2.24) is 4.90 Å². The summed E-state index contributed by atoms with van der Waals surface area (Å²) in [5.41, 5.74) is 1.16. The van der Waals surface area contributed by atoms with Crippen LogP contribution in [-0.2, 0) is 4.79 Å². The number of rotatable bonds is 5. The third kappa shape index (κ3) is 4.86. The minimum absolute atomic E-state index is 0.0150. The minimum atomic E-state index is 0.0150. The van der Waals surface area contributed by atoms with E-state index in [-0.39, 0.29) is 12.5 Å². The van der Waals surface area contributed by atoms with Gasteiger partial charge in [-0.25, -0.2) is 0 Å². The molecule has 0 aliphatic carbocycles. The second-order valence-corrected chi connectivity index (χ2v) is 7.73. The van der Waals surface area contributed by atoms with Crippen molar-refractivity contribution in [2.45, 2.75) is 11.7 Å². The Morgan fingerprint density at radius 3 is 2.62 bits per heavy atom. The van der Waals surface area contributed by atoms with Crippen molar-refractivity contribution >= 4 is 29.3 Å². The second kappa shape index (κ2) is 9.19. The van der Waals surface area contributed by atoms with Gasteiger partial charge in [0.05, 0.1) is 7.11 Å². The van der Waals surface area contributed by atoms with Crippen molar-refractivity contribution in [1.29, 1.82) is 0 Å². The van der Waals surface area contributed by atoms with E-state index in [4.69, 9.17) is 21.1 Å². The van der Waals surface area contributed by atoms with Gasteiger partial charge in [0.2, 0.25) is 0 Å². The summed E-state index contributed by atoms with van der Waals surface area (Å²) in [4.78, 5) is 14.4. The number of benzene rings is 2. The van der Waals surface area contributed by atoms with Gasteiger partial charge in [0.1, 0.15) is 11.5 Å². The highest BCUT2D eigenvalue weighted by Gasteiger charge is 2.23. The minimum Gasteiger partial charge on any atom is -0.497 e. The highest BCUT2D eigenvalue weighted by molar-refractivity contribution is 7.99. The number of halogens is 1. The zero-order valence-corrected chi connectivity index (χ0v) is 16.3. The Hall–Kier alpha value is -1.85. The van der Waals surface area contributed by atoms with Crippen LogP contribution in [0.4, 0.5) is 0 Å². The second-order valence-electron chi connectivity index (χ2n) is 6.01. The van der Waals surface area contributed by atoms with E-state index >= 15 is 0 Å². The lowest BCUT2D eigenvalue weighted by Crippen LogP contribution is -2.36. The molecule has 1 aliphatic heterocycles. The molecule has 1 fully saturated rings. The molecule has 6 heteroatoms. The van der Waals surface area contributed by atoms with Gasteiger partial charge in [-0.05, 0) is 42.3 Å². The molecule has 1 unspecified atom stereocenters. The van der Waals surface area contributed by atoms with Crippen LogP contribution >= 0.6 is 23.4 Å². The lowest BCUT2D eigenvalue weighted by molar-refractivity contribution is -0.133. The molecule has 0 radical (unpaired) electrons. The molecule has 0 aromatic heterocycles. The first-order valence-corrected chi connectivity index (χ1v) is 10.0.